The minimum Gasteiger partial charge on any atom is -0.385 e. The number of carbonyl (C=O) groups is 1. The molecule has 6 nitrogen and oxygen atoms in total. The molecule has 0 atom stereocenters. The second kappa shape index (κ2) is 7.97. The summed E-state index contributed by atoms with van der Waals surface area (Å²) in [5.41, 5.74) is 2.78. The van der Waals surface area contributed by atoms with Crippen molar-refractivity contribution in [3.8, 4) is 6.07 Å². The maximum atomic E-state index is 12.4. The van der Waals surface area contributed by atoms with E-state index in [1.807, 2.05) is 37.3 Å². The van der Waals surface area contributed by atoms with Crippen molar-refractivity contribution < 1.29 is 9.63 Å². The third kappa shape index (κ3) is 4.66. The molecule has 0 spiro atoms. The van der Waals surface area contributed by atoms with Gasteiger partial charge in [-0.25, -0.2) is 0 Å². The van der Waals surface area contributed by atoms with E-state index < -0.39 is 0 Å². The Morgan fingerprint density at radius 1 is 1.31 bits per heavy atom. The lowest BCUT2D eigenvalue weighted by Crippen LogP contribution is -2.54. The van der Waals surface area contributed by atoms with E-state index in [4.69, 9.17) is 4.84 Å². The summed E-state index contributed by atoms with van der Waals surface area (Å²) < 4.78 is 0. The van der Waals surface area contributed by atoms with Crippen molar-refractivity contribution in [3.63, 3.8) is 0 Å². The van der Waals surface area contributed by atoms with Gasteiger partial charge in [0.1, 0.15) is 11.1 Å². The van der Waals surface area contributed by atoms with Gasteiger partial charge in [-0.1, -0.05) is 35.5 Å². The van der Waals surface area contributed by atoms with Gasteiger partial charge in [0, 0.05) is 16.0 Å². The van der Waals surface area contributed by atoms with E-state index in [9.17, 15) is 10.1 Å². The fourth-order valence-electron chi connectivity index (χ4n) is 3.82. The average Bonchev–Trinajstić information content (AvgIpc) is 2.98. The van der Waals surface area contributed by atoms with E-state index >= 15 is 0 Å². The molecule has 0 fully saturated rings. The zero-order valence-electron chi connectivity index (χ0n) is 17.4. The van der Waals surface area contributed by atoms with Gasteiger partial charge in [-0.2, -0.15) is 5.26 Å². The zero-order chi connectivity index (χ0) is 21.2. The first kappa shape index (κ1) is 21.0. The van der Waals surface area contributed by atoms with Crippen LogP contribution in [0.15, 0.2) is 35.5 Å². The minimum absolute atomic E-state index is 0.128. The molecule has 1 aromatic heterocycles. The first-order valence-electron chi connectivity index (χ1n) is 9.50. The molecule has 1 aliphatic heterocycles. The molecule has 3 rings (SSSR count). The number of nitrogens with one attached hydrogen (secondary N) is 2. The lowest BCUT2D eigenvalue weighted by Gasteiger charge is -2.42. The number of carbonyl (C=O) groups excluding carboxylic acids is 1. The van der Waals surface area contributed by atoms with Crippen LogP contribution in [0.4, 0.5) is 5.00 Å². The number of nitrogens with zero attached hydrogens (tertiary/aromatic N) is 2. The quantitative estimate of drug-likeness (QED) is 0.572. The Balaban J connectivity index is 1.72. The second-order valence-corrected chi connectivity index (χ2v) is 9.42. The molecule has 0 unspecified atom stereocenters. The lowest BCUT2D eigenvalue weighted by molar-refractivity contribution is -0.120. The van der Waals surface area contributed by atoms with Gasteiger partial charge in [-0.3, -0.25) is 4.79 Å². The van der Waals surface area contributed by atoms with Crippen molar-refractivity contribution in [1.82, 2.24) is 5.32 Å². The Bertz CT molecular complexity index is 984. The summed E-state index contributed by atoms with van der Waals surface area (Å²) in [5.74, 6) is -0.338. The predicted octanol–water partition coefficient (Wildman–Crippen LogP) is 4.16. The highest BCUT2D eigenvalue weighted by Crippen LogP contribution is 2.44. The fraction of sp³-hybridized carbons (Fsp3) is 0.409. The van der Waals surface area contributed by atoms with Crippen LogP contribution in [0.5, 0.6) is 0 Å². The van der Waals surface area contributed by atoms with Gasteiger partial charge in [0.05, 0.1) is 11.3 Å². The van der Waals surface area contributed by atoms with E-state index in [2.05, 4.69) is 49.6 Å². The Morgan fingerprint density at radius 3 is 2.66 bits per heavy atom. The molecule has 1 aliphatic rings. The highest BCUT2D eigenvalue weighted by Gasteiger charge is 2.40. The molecule has 2 N–H and O–H groups in total. The zero-order valence-corrected chi connectivity index (χ0v) is 18.2. The molecule has 0 bridgehead atoms. The highest BCUT2D eigenvalue weighted by atomic mass is 32.1. The Labute approximate surface area is 175 Å². The Kier molecular flexibility index (Phi) is 5.78. The molecule has 1 aromatic carbocycles. The highest BCUT2D eigenvalue weighted by molar-refractivity contribution is 7.17. The van der Waals surface area contributed by atoms with Gasteiger partial charge < -0.3 is 15.5 Å². The maximum Gasteiger partial charge on any atom is 0.265 e. The number of fused-ring (bicyclic) bond motifs is 1. The molecule has 29 heavy (non-hydrogen) atoms. The number of benzene rings is 1. The molecular formula is C22H26N4O2S. The molecule has 7 heteroatoms. The van der Waals surface area contributed by atoms with Gasteiger partial charge in [-0.15, -0.1) is 11.3 Å². The Morgan fingerprint density at radius 2 is 2.00 bits per heavy atom. The number of oxime groups is 1. The van der Waals surface area contributed by atoms with Crippen LogP contribution in [-0.2, 0) is 21.6 Å². The maximum absolute atomic E-state index is 12.4. The first-order valence-corrected chi connectivity index (χ1v) is 10.3. The van der Waals surface area contributed by atoms with Crippen molar-refractivity contribution >= 4 is 28.0 Å². The van der Waals surface area contributed by atoms with Crippen LogP contribution in [0.25, 0.3) is 0 Å². The third-order valence-electron chi connectivity index (χ3n) is 4.80. The van der Waals surface area contributed by atoms with Crippen LogP contribution in [0.3, 0.4) is 0 Å². The molecule has 152 valence electrons. The largest absolute Gasteiger partial charge is 0.385 e. The summed E-state index contributed by atoms with van der Waals surface area (Å²) in [4.78, 5) is 18.7. The van der Waals surface area contributed by atoms with Crippen molar-refractivity contribution in [1.29, 1.82) is 5.26 Å². The van der Waals surface area contributed by atoms with Crippen molar-refractivity contribution in [2.75, 3.05) is 11.9 Å². The van der Waals surface area contributed by atoms with E-state index in [0.29, 0.717) is 16.3 Å². The molecule has 0 saturated carbocycles. The number of anilines is 1. The van der Waals surface area contributed by atoms with Crippen LogP contribution in [0.1, 0.15) is 56.2 Å². The van der Waals surface area contributed by atoms with Crippen LogP contribution in [0.2, 0.25) is 0 Å². The number of hydrogen-bond donors (Lipinski definition) is 2. The summed E-state index contributed by atoms with van der Waals surface area (Å²) in [6.45, 7) is 10.0. The van der Waals surface area contributed by atoms with E-state index in [1.165, 1.54) is 11.3 Å². The van der Waals surface area contributed by atoms with Crippen LogP contribution >= 0.6 is 11.3 Å². The average molecular weight is 411 g/mol. The molecule has 2 heterocycles. The molecule has 0 aliphatic carbocycles. The van der Waals surface area contributed by atoms with E-state index in [-0.39, 0.29) is 23.6 Å². The van der Waals surface area contributed by atoms with Crippen LogP contribution in [0, 0.1) is 11.3 Å². The van der Waals surface area contributed by atoms with Gasteiger partial charge in [0.2, 0.25) is 0 Å². The smallest absolute Gasteiger partial charge is 0.265 e. The van der Waals surface area contributed by atoms with Gasteiger partial charge in [-0.05, 0) is 52.2 Å². The van der Waals surface area contributed by atoms with Crippen LogP contribution < -0.4 is 10.6 Å². The number of nitriles is 1. The molecular weight excluding hydrogens is 384 g/mol. The number of amides is 1. The van der Waals surface area contributed by atoms with E-state index in [0.717, 1.165) is 22.4 Å². The third-order valence-corrected chi connectivity index (χ3v) is 6.27. The summed E-state index contributed by atoms with van der Waals surface area (Å²) in [6, 6.07) is 11.9. The Hall–Kier alpha value is -2.69. The molecule has 0 radical (unpaired) electrons. The van der Waals surface area contributed by atoms with Gasteiger partial charge in [0.25, 0.3) is 5.91 Å². The molecule has 0 saturated heterocycles. The normalized spacial score (nSPS) is 17.2. The lowest BCUT2D eigenvalue weighted by atomic mass is 9.81. The summed E-state index contributed by atoms with van der Waals surface area (Å²) in [7, 11) is 0. The van der Waals surface area contributed by atoms with Gasteiger partial charge >= 0.3 is 0 Å². The van der Waals surface area contributed by atoms with Gasteiger partial charge in [0.15, 0.2) is 6.61 Å². The second-order valence-electron chi connectivity index (χ2n) is 8.40. The summed E-state index contributed by atoms with van der Waals surface area (Å²) in [5, 5.41) is 20.8. The van der Waals surface area contributed by atoms with Crippen molar-refractivity contribution in [2.24, 2.45) is 5.16 Å². The molecule has 1 amide bonds. The van der Waals surface area contributed by atoms with Crippen molar-refractivity contribution in [3.05, 3.63) is 51.9 Å². The first-order chi connectivity index (χ1) is 13.6. The monoisotopic (exact) mass is 410 g/mol. The number of rotatable bonds is 5. The topological polar surface area (TPSA) is 86.5 Å². The number of hydrogen-bond acceptors (Lipinski definition) is 6. The van der Waals surface area contributed by atoms with Crippen LogP contribution in [-0.4, -0.2) is 23.8 Å². The standard InChI is InChI=1S/C22H26N4O2S/c1-14(15-9-7-6-8-10-15)25-28-13-18(27)24-20-17(12-23)16-11-21(2,3)26-22(4,5)19(16)29-20/h6-10,26H,11,13H2,1-5H3,(H,24,27)/b25-14+. The SMILES string of the molecule is C/C(=N\OCC(=O)Nc1sc2c(c1C#N)CC(C)(C)NC2(C)C)c1ccccc1. The minimum atomic E-state index is -0.338. The predicted molar refractivity (Wildman–Crippen MR) is 116 cm³/mol. The number of thiophene rings is 1. The summed E-state index contributed by atoms with van der Waals surface area (Å²) >= 11 is 1.45. The van der Waals surface area contributed by atoms with Crippen molar-refractivity contribution in [2.45, 2.75) is 52.1 Å². The molecule has 2 aromatic rings. The van der Waals surface area contributed by atoms with E-state index in [1.54, 1.807) is 0 Å². The fourth-order valence-corrected chi connectivity index (χ4v) is 5.06. The summed E-state index contributed by atoms with van der Waals surface area (Å²) in [6.07, 6.45) is 0.734.